The number of fused-ring (bicyclic) bond motifs is 2. The molecule has 0 atom stereocenters. The number of halogens is 6. The fraction of sp³-hybridized carbons (Fsp3) is 0.174. The number of benzene rings is 4. The summed E-state index contributed by atoms with van der Waals surface area (Å²) in [5.41, 5.74) is 9.75. The number of imidazole rings is 2. The molecular formula is C46H37Br2F4N7O9. The van der Waals surface area contributed by atoms with E-state index in [2.05, 4.69) is 70.7 Å². The molecule has 10 rings (SSSR count). The number of nitrogens with two attached hydrogens (primary N) is 1. The number of carboxylic acids is 1. The molecule has 0 aliphatic carbocycles. The van der Waals surface area contributed by atoms with Crippen LogP contribution in [-0.4, -0.2) is 58.6 Å². The minimum atomic E-state index is -3.74. The molecule has 3 N–H and O–H groups in total. The molecule has 4 aromatic carbocycles. The highest BCUT2D eigenvalue weighted by atomic mass is 79.9. The SMILES string of the molecule is C.C.Cc1nc(-c2cc(Br)ccc2-n2cc(C(=O)O)nc2C)c(-c2ccc3c(c2)OC(F)(F)O3)o1.Cc1nc(-c2cc(Br)ccc2-n2cc(C(N)=O)nc2C)c(-c2ccc3c(c2)OC(F)(F)O3)o1. The summed E-state index contributed by atoms with van der Waals surface area (Å²) in [6.07, 6.45) is -4.51. The molecule has 0 fully saturated rings. The third-order valence-corrected chi connectivity index (χ3v) is 11.0. The Bertz CT molecular complexity index is 3080. The highest BCUT2D eigenvalue weighted by Gasteiger charge is 2.44. The van der Waals surface area contributed by atoms with Crippen LogP contribution in [0.2, 0.25) is 0 Å². The number of carboxylic acid groups (broad SMARTS) is 1. The van der Waals surface area contributed by atoms with Crippen molar-refractivity contribution >= 4 is 43.7 Å². The van der Waals surface area contributed by atoms with Gasteiger partial charge in [-0.2, -0.15) is 0 Å². The van der Waals surface area contributed by atoms with E-state index >= 15 is 0 Å². The smallest absolute Gasteiger partial charge is 0.476 e. The van der Waals surface area contributed by atoms with Crippen LogP contribution in [0.25, 0.3) is 56.5 Å². The van der Waals surface area contributed by atoms with Crippen molar-refractivity contribution in [3.63, 3.8) is 0 Å². The van der Waals surface area contributed by atoms with E-state index in [0.29, 0.717) is 80.0 Å². The number of rotatable bonds is 8. The van der Waals surface area contributed by atoms with Crippen LogP contribution in [0.1, 0.15) is 59.3 Å². The molecule has 0 bridgehead atoms. The standard InChI is InChI=1S/C22H15BrF2N4O4.C22H14BrF2N3O5.2CH4/c1-10-27-15(21(26)30)9-29(10)16-5-4-13(23)8-14(16)19-20(31-11(2)28-19)12-3-6-17-18(7-12)33-22(24,25)32-17;1-10-26-15(21(29)30)9-28(10)16-5-4-13(23)8-14(16)19-20(31-11(2)27-19)12-3-6-17-18(7-12)33-22(24,25)32-17;;/h3-9H,1-2H3,(H2,26,30);3-9H,1-2H3,(H,29,30);2*1H4. The second-order valence-corrected chi connectivity index (χ2v) is 16.4. The van der Waals surface area contributed by atoms with Gasteiger partial charge in [0.15, 0.2) is 52.0 Å². The summed E-state index contributed by atoms with van der Waals surface area (Å²) in [6, 6.07) is 19.6. The predicted molar refractivity (Wildman–Crippen MR) is 245 cm³/mol. The van der Waals surface area contributed by atoms with Gasteiger partial charge in [0.25, 0.3) is 5.91 Å². The summed E-state index contributed by atoms with van der Waals surface area (Å²) in [7, 11) is 0. The van der Waals surface area contributed by atoms with Crippen molar-refractivity contribution in [1.29, 1.82) is 0 Å². The van der Waals surface area contributed by atoms with E-state index in [9.17, 15) is 32.3 Å². The number of hydrogen-bond donors (Lipinski definition) is 2. The Hall–Kier alpha value is -7.46. The largest absolute Gasteiger partial charge is 0.586 e. The number of hydrogen-bond acceptors (Lipinski definition) is 12. The first-order valence-electron chi connectivity index (χ1n) is 19.2. The van der Waals surface area contributed by atoms with Gasteiger partial charge in [-0.05, 0) is 86.6 Å². The van der Waals surface area contributed by atoms with E-state index in [1.807, 2.05) is 18.2 Å². The quantitative estimate of drug-likeness (QED) is 0.136. The number of carbonyl (C=O) groups is 2. The molecule has 8 aromatic rings. The van der Waals surface area contributed by atoms with Crippen LogP contribution in [0.3, 0.4) is 0 Å². The van der Waals surface area contributed by atoms with Crippen molar-refractivity contribution in [3.05, 3.63) is 129 Å². The summed E-state index contributed by atoms with van der Waals surface area (Å²) in [4.78, 5) is 40.4. The Labute approximate surface area is 400 Å². The zero-order valence-corrected chi connectivity index (χ0v) is 37.5. The summed E-state index contributed by atoms with van der Waals surface area (Å²) in [5, 5.41) is 9.32. The maximum Gasteiger partial charge on any atom is 0.586 e. The number of alkyl halides is 4. The van der Waals surface area contributed by atoms with Crippen molar-refractivity contribution in [2.75, 3.05) is 0 Å². The van der Waals surface area contributed by atoms with Gasteiger partial charge >= 0.3 is 18.6 Å². The van der Waals surface area contributed by atoms with Crippen LogP contribution < -0.4 is 24.7 Å². The Kier molecular flexibility index (Phi) is 12.8. The van der Waals surface area contributed by atoms with Crippen LogP contribution >= 0.6 is 31.9 Å². The number of aromatic nitrogens is 6. The van der Waals surface area contributed by atoms with E-state index in [4.69, 9.17) is 14.6 Å². The average molecular weight is 1070 g/mol. The van der Waals surface area contributed by atoms with Gasteiger partial charge in [-0.1, -0.05) is 46.7 Å². The molecule has 2 aliphatic rings. The molecule has 352 valence electrons. The van der Waals surface area contributed by atoms with Gasteiger partial charge in [-0.25, -0.2) is 24.7 Å². The maximum atomic E-state index is 13.5. The summed E-state index contributed by atoms with van der Waals surface area (Å²) in [5.74, 6) is 0.214. The number of ether oxygens (including phenoxy) is 4. The minimum absolute atomic E-state index is 0. The van der Waals surface area contributed by atoms with Gasteiger partial charge in [0, 0.05) is 57.4 Å². The van der Waals surface area contributed by atoms with Crippen molar-refractivity contribution in [1.82, 2.24) is 29.1 Å². The summed E-state index contributed by atoms with van der Waals surface area (Å²) < 4.78 is 88.5. The molecule has 0 unspecified atom stereocenters. The molecule has 1 amide bonds. The lowest BCUT2D eigenvalue weighted by atomic mass is 10.0. The number of primary amides is 1. The lowest BCUT2D eigenvalue weighted by Gasteiger charge is -2.12. The number of nitrogens with zero attached hydrogens (tertiary/aromatic N) is 6. The molecule has 0 radical (unpaired) electrons. The first-order chi connectivity index (χ1) is 31.2. The third-order valence-electron chi connectivity index (χ3n) is 9.98. The summed E-state index contributed by atoms with van der Waals surface area (Å²) >= 11 is 6.93. The van der Waals surface area contributed by atoms with Crippen molar-refractivity contribution < 1.29 is 60.0 Å². The Morgan fingerprint density at radius 2 is 0.985 bits per heavy atom. The van der Waals surface area contributed by atoms with E-state index in [1.54, 1.807) is 73.4 Å². The lowest BCUT2D eigenvalue weighted by Crippen LogP contribution is -2.25. The van der Waals surface area contributed by atoms with Gasteiger partial charge in [-0.15, -0.1) is 17.6 Å². The Balaban J connectivity index is 0.000000196. The zero-order chi connectivity index (χ0) is 47.0. The number of oxazole rings is 2. The number of amides is 1. The van der Waals surface area contributed by atoms with Gasteiger partial charge in [0.1, 0.15) is 28.7 Å². The highest BCUT2D eigenvalue weighted by Crippen LogP contribution is 2.47. The molecule has 16 nitrogen and oxygen atoms in total. The van der Waals surface area contributed by atoms with E-state index in [1.165, 1.54) is 30.5 Å². The average Bonchev–Trinajstić information content (AvgIpc) is 4.10. The fourth-order valence-corrected chi connectivity index (χ4v) is 7.98. The van der Waals surface area contributed by atoms with Crippen LogP contribution in [0.15, 0.2) is 103 Å². The topological polar surface area (TPSA) is 205 Å². The summed E-state index contributed by atoms with van der Waals surface area (Å²) in [6.45, 7) is 6.77. The zero-order valence-electron chi connectivity index (χ0n) is 34.3. The lowest BCUT2D eigenvalue weighted by molar-refractivity contribution is -0.287. The van der Waals surface area contributed by atoms with Crippen LogP contribution in [-0.2, 0) is 0 Å². The molecule has 2 aliphatic heterocycles. The van der Waals surface area contributed by atoms with Crippen LogP contribution in [0.4, 0.5) is 17.6 Å². The number of aryl methyl sites for hydroxylation is 4. The van der Waals surface area contributed by atoms with Gasteiger partial charge in [-0.3, -0.25) is 4.79 Å². The molecule has 4 aromatic heterocycles. The molecule has 6 heterocycles. The van der Waals surface area contributed by atoms with Gasteiger partial charge in [0.05, 0.1) is 11.4 Å². The van der Waals surface area contributed by atoms with Gasteiger partial charge < -0.3 is 47.8 Å². The molecular weight excluding hydrogens is 1030 g/mol. The second kappa shape index (κ2) is 18.0. The van der Waals surface area contributed by atoms with Crippen molar-refractivity contribution in [3.8, 4) is 79.5 Å². The first kappa shape index (κ1) is 48.5. The van der Waals surface area contributed by atoms with Crippen molar-refractivity contribution in [2.45, 2.75) is 55.1 Å². The van der Waals surface area contributed by atoms with E-state index in [-0.39, 0.29) is 49.2 Å². The first-order valence-corrected chi connectivity index (χ1v) is 20.8. The normalized spacial score (nSPS) is 13.6. The monoisotopic (exact) mass is 1070 g/mol. The molecule has 68 heavy (non-hydrogen) atoms. The second-order valence-electron chi connectivity index (χ2n) is 14.6. The van der Waals surface area contributed by atoms with Gasteiger partial charge in [0.2, 0.25) is 0 Å². The predicted octanol–water partition coefficient (Wildman–Crippen LogP) is 11.9. The highest BCUT2D eigenvalue weighted by molar-refractivity contribution is 9.10. The fourth-order valence-electron chi connectivity index (χ4n) is 7.26. The molecule has 0 spiro atoms. The van der Waals surface area contributed by atoms with E-state index in [0.717, 1.165) is 8.95 Å². The van der Waals surface area contributed by atoms with E-state index < -0.39 is 24.5 Å². The van der Waals surface area contributed by atoms with Crippen molar-refractivity contribution in [2.24, 2.45) is 5.73 Å². The Morgan fingerprint density at radius 3 is 1.37 bits per heavy atom. The molecule has 0 saturated heterocycles. The maximum absolute atomic E-state index is 13.5. The van der Waals surface area contributed by atoms with Crippen LogP contribution in [0.5, 0.6) is 23.0 Å². The molecule has 22 heteroatoms. The number of carbonyl (C=O) groups excluding carboxylic acids is 1. The Morgan fingerprint density at radius 1 is 0.588 bits per heavy atom. The molecule has 0 saturated carbocycles. The minimum Gasteiger partial charge on any atom is -0.476 e. The van der Waals surface area contributed by atoms with Crippen LogP contribution in [0, 0.1) is 27.7 Å². The third kappa shape index (κ3) is 9.28. The number of aromatic carboxylic acids is 1.